The predicted molar refractivity (Wildman–Crippen MR) is 124 cm³/mol. The largest absolute Gasteiger partial charge is 0.491 e. The molecule has 15 N–H and O–H groups in total. The Morgan fingerprint density at radius 2 is 1.26 bits per heavy atom. The molecule has 0 fully saturated rings. The maximum Gasteiger partial charge on any atom is 0.277 e. The van der Waals surface area contributed by atoms with Crippen LogP contribution in [0, 0.1) is 0 Å². The summed E-state index contributed by atoms with van der Waals surface area (Å²) in [7, 11) is 0. The van der Waals surface area contributed by atoms with Crippen LogP contribution < -0.4 is 55.2 Å². The number of nitrogens with one attached hydrogen (secondary N) is 1. The molecule has 3 rings (SSSR count). The van der Waals surface area contributed by atoms with Crippen molar-refractivity contribution in [3.63, 3.8) is 0 Å². The number of hydrogen-bond acceptors (Lipinski definition) is 11. The van der Waals surface area contributed by atoms with E-state index in [1.54, 1.807) is 36.4 Å². The second-order valence-electron chi connectivity index (χ2n) is 6.40. The van der Waals surface area contributed by atoms with Crippen molar-refractivity contribution < 1.29 is 9.47 Å². The van der Waals surface area contributed by atoms with Gasteiger partial charge in [-0.25, -0.2) is 0 Å². The van der Waals surface area contributed by atoms with Crippen LogP contribution in [0.15, 0.2) is 41.2 Å². The Morgan fingerprint density at radius 1 is 0.774 bits per heavy atom. The van der Waals surface area contributed by atoms with Gasteiger partial charge in [0.1, 0.15) is 17.2 Å². The van der Waals surface area contributed by atoms with Crippen LogP contribution in [0.4, 0.5) is 40.2 Å². The quantitative estimate of drug-likeness (QED) is 0.196. The molecule has 31 heavy (non-hydrogen) atoms. The highest BCUT2D eigenvalue weighted by Gasteiger charge is 2.03. The van der Waals surface area contributed by atoms with E-state index in [2.05, 4.69) is 9.97 Å². The van der Waals surface area contributed by atoms with Crippen molar-refractivity contribution >= 4 is 40.2 Å². The number of nitrogens with zero attached hydrogens (tertiary/aromatic N) is 1. The molecular formula is C19H27N9O3. The summed E-state index contributed by atoms with van der Waals surface area (Å²) in [5.41, 5.74) is 40.0. The van der Waals surface area contributed by atoms with E-state index in [9.17, 15) is 4.79 Å². The van der Waals surface area contributed by atoms with E-state index in [0.29, 0.717) is 53.9 Å². The van der Waals surface area contributed by atoms with Gasteiger partial charge in [-0.1, -0.05) is 0 Å². The van der Waals surface area contributed by atoms with E-state index in [4.69, 9.17) is 49.6 Å². The van der Waals surface area contributed by atoms with Gasteiger partial charge >= 0.3 is 0 Å². The Morgan fingerprint density at radius 3 is 1.68 bits per heavy atom. The minimum atomic E-state index is -0.509. The predicted octanol–water partition coefficient (Wildman–Crippen LogP) is 0.380. The fraction of sp³-hybridized carbons (Fsp3) is 0.158. The monoisotopic (exact) mass is 429 g/mol. The standard InChI is InChI=1S/C15H20N4O2.C4H7N5O/c16-10-2-4-14(12(18)8-10)20-6-1-7-21-15-5-3-11(17)9-13(15)19;5-1-2(6)8-4(7)9-3(1)10/h2-5,8-9H,1,6-7,16-19H2;5H2,(H5,6,7,8,9,10). The minimum absolute atomic E-state index is 0.0308. The highest BCUT2D eigenvalue weighted by Crippen LogP contribution is 2.25. The van der Waals surface area contributed by atoms with Gasteiger partial charge in [0.25, 0.3) is 5.56 Å². The van der Waals surface area contributed by atoms with Gasteiger partial charge in [-0.2, -0.15) is 4.98 Å². The lowest BCUT2D eigenvalue weighted by Crippen LogP contribution is -2.17. The third-order valence-corrected chi connectivity index (χ3v) is 3.87. The first kappa shape index (κ1) is 22.8. The van der Waals surface area contributed by atoms with Crippen molar-refractivity contribution in [2.45, 2.75) is 6.42 Å². The fourth-order valence-corrected chi connectivity index (χ4v) is 2.34. The van der Waals surface area contributed by atoms with Gasteiger partial charge < -0.3 is 49.6 Å². The normalized spacial score (nSPS) is 10.1. The van der Waals surface area contributed by atoms with E-state index in [1.165, 1.54) is 0 Å². The highest BCUT2D eigenvalue weighted by atomic mass is 16.5. The summed E-state index contributed by atoms with van der Waals surface area (Å²) < 4.78 is 11.1. The maximum atomic E-state index is 10.7. The van der Waals surface area contributed by atoms with Crippen LogP contribution in [0.5, 0.6) is 11.5 Å². The molecule has 0 saturated heterocycles. The molecule has 0 radical (unpaired) electrons. The Bertz CT molecular complexity index is 1030. The average Bonchev–Trinajstić information content (AvgIpc) is 2.69. The number of hydrogen-bond donors (Lipinski definition) is 8. The lowest BCUT2D eigenvalue weighted by molar-refractivity contribution is 0.249. The van der Waals surface area contributed by atoms with Gasteiger partial charge in [-0.3, -0.25) is 9.78 Å². The number of rotatable bonds is 6. The molecule has 0 atom stereocenters. The Labute approximate surface area is 178 Å². The molecule has 166 valence electrons. The molecule has 0 saturated carbocycles. The smallest absolute Gasteiger partial charge is 0.277 e. The van der Waals surface area contributed by atoms with Crippen molar-refractivity contribution in [2.75, 3.05) is 53.3 Å². The lowest BCUT2D eigenvalue weighted by atomic mass is 10.2. The summed E-state index contributed by atoms with van der Waals surface area (Å²) in [6, 6.07) is 10.3. The lowest BCUT2D eigenvalue weighted by Gasteiger charge is -2.11. The Kier molecular flexibility index (Phi) is 7.61. The summed E-state index contributed by atoms with van der Waals surface area (Å²) >= 11 is 0. The van der Waals surface area contributed by atoms with E-state index >= 15 is 0 Å². The average molecular weight is 429 g/mol. The van der Waals surface area contributed by atoms with Gasteiger partial charge in [0.15, 0.2) is 5.82 Å². The number of ether oxygens (including phenoxy) is 2. The minimum Gasteiger partial charge on any atom is -0.491 e. The summed E-state index contributed by atoms with van der Waals surface area (Å²) in [4.78, 5) is 16.4. The van der Waals surface area contributed by atoms with Gasteiger partial charge in [0.2, 0.25) is 5.95 Å². The number of anilines is 7. The van der Waals surface area contributed by atoms with Gasteiger partial charge in [-0.05, 0) is 36.4 Å². The number of aromatic nitrogens is 2. The molecule has 0 aliphatic heterocycles. The molecule has 2 aromatic carbocycles. The molecule has 12 nitrogen and oxygen atoms in total. The van der Waals surface area contributed by atoms with Crippen molar-refractivity contribution in [1.29, 1.82) is 0 Å². The number of aromatic amines is 1. The van der Waals surface area contributed by atoms with Crippen LogP contribution in [-0.4, -0.2) is 23.2 Å². The molecule has 0 spiro atoms. The van der Waals surface area contributed by atoms with Crippen LogP contribution in [0.2, 0.25) is 0 Å². The van der Waals surface area contributed by atoms with Crippen LogP contribution in [0.25, 0.3) is 0 Å². The highest BCUT2D eigenvalue weighted by molar-refractivity contribution is 5.61. The van der Waals surface area contributed by atoms with Gasteiger partial charge in [0, 0.05) is 17.8 Å². The van der Waals surface area contributed by atoms with Gasteiger partial charge in [-0.15, -0.1) is 0 Å². The molecule has 3 aromatic rings. The summed E-state index contributed by atoms with van der Waals surface area (Å²) in [6.45, 7) is 0.978. The van der Waals surface area contributed by atoms with E-state index in [1.807, 2.05) is 0 Å². The third-order valence-electron chi connectivity index (χ3n) is 3.87. The van der Waals surface area contributed by atoms with E-state index in [-0.39, 0.29) is 17.5 Å². The first-order valence-electron chi connectivity index (χ1n) is 9.13. The number of nitrogen functional groups attached to an aromatic ring is 7. The zero-order valence-electron chi connectivity index (χ0n) is 16.8. The molecule has 1 aromatic heterocycles. The zero-order chi connectivity index (χ0) is 23.0. The summed E-state index contributed by atoms with van der Waals surface area (Å²) in [5.74, 6) is 1.17. The van der Waals surface area contributed by atoms with E-state index < -0.39 is 5.56 Å². The number of nitrogens with two attached hydrogens (primary N) is 7. The second-order valence-corrected chi connectivity index (χ2v) is 6.40. The Hall–Kier alpha value is -4.48. The number of benzene rings is 2. The fourth-order valence-electron chi connectivity index (χ4n) is 2.34. The molecular weight excluding hydrogens is 402 g/mol. The van der Waals surface area contributed by atoms with Crippen molar-refractivity contribution in [3.05, 3.63) is 46.8 Å². The van der Waals surface area contributed by atoms with Crippen molar-refractivity contribution in [3.8, 4) is 11.5 Å². The van der Waals surface area contributed by atoms with Gasteiger partial charge in [0.05, 0.1) is 24.6 Å². The van der Waals surface area contributed by atoms with Crippen LogP contribution >= 0.6 is 0 Å². The molecule has 0 unspecified atom stereocenters. The first-order chi connectivity index (χ1) is 14.7. The molecule has 12 heteroatoms. The topological polar surface area (TPSA) is 246 Å². The maximum absolute atomic E-state index is 10.7. The van der Waals surface area contributed by atoms with Crippen molar-refractivity contribution in [2.24, 2.45) is 0 Å². The third kappa shape index (κ3) is 6.81. The Balaban J connectivity index is 0.000000285. The number of H-pyrrole nitrogens is 1. The van der Waals surface area contributed by atoms with Crippen molar-refractivity contribution in [1.82, 2.24) is 9.97 Å². The SMILES string of the molecule is Nc1ccc(OCCCOc2ccc(N)cc2N)c(N)c1.Nc1nc(N)c(N)c(=O)[nH]1. The summed E-state index contributed by atoms with van der Waals surface area (Å²) in [6.07, 6.45) is 0.702. The van der Waals surface area contributed by atoms with Crippen LogP contribution in [0.3, 0.4) is 0 Å². The molecule has 1 heterocycles. The van der Waals surface area contributed by atoms with Crippen LogP contribution in [-0.2, 0) is 0 Å². The molecule has 0 bridgehead atoms. The summed E-state index contributed by atoms with van der Waals surface area (Å²) in [5, 5.41) is 0. The zero-order valence-corrected chi connectivity index (χ0v) is 16.8. The van der Waals surface area contributed by atoms with Crippen LogP contribution in [0.1, 0.15) is 6.42 Å². The first-order valence-corrected chi connectivity index (χ1v) is 9.13. The molecule has 0 aliphatic carbocycles. The second kappa shape index (κ2) is 10.3. The molecule has 0 amide bonds. The molecule has 0 aliphatic rings. The van der Waals surface area contributed by atoms with E-state index in [0.717, 1.165) is 0 Å².